The maximum absolute atomic E-state index is 13.6. The quantitative estimate of drug-likeness (QED) is 0.657. The van der Waals surface area contributed by atoms with Gasteiger partial charge >= 0.3 is 0 Å². The van der Waals surface area contributed by atoms with Crippen molar-refractivity contribution in [1.29, 1.82) is 0 Å². The van der Waals surface area contributed by atoms with Gasteiger partial charge in [-0.25, -0.2) is 17.6 Å². The molecule has 0 unspecified atom stereocenters. The number of anilines is 2. The molecular weight excluding hydrogens is 276 g/mol. The average Bonchev–Trinajstić information content (AvgIpc) is 2.39. The molecule has 0 aliphatic carbocycles. The maximum atomic E-state index is 13.6. The molecular formula is C13H8F4N2O. The molecule has 0 atom stereocenters. The van der Waals surface area contributed by atoms with E-state index in [4.69, 9.17) is 5.73 Å². The Kier molecular flexibility index (Phi) is 3.60. The van der Waals surface area contributed by atoms with Gasteiger partial charge in [0.15, 0.2) is 17.5 Å². The van der Waals surface area contributed by atoms with Gasteiger partial charge in [0.05, 0.1) is 5.69 Å². The zero-order chi connectivity index (χ0) is 14.9. The number of hydrogen-bond donors (Lipinski definition) is 2. The normalized spacial score (nSPS) is 10.4. The van der Waals surface area contributed by atoms with Crippen LogP contribution in [0.3, 0.4) is 0 Å². The molecule has 0 saturated heterocycles. The first-order chi connectivity index (χ1) is 9.40. The molecule has 0 bridgehead atoms. The van der Waals surface area contributed by atoms with Crippen molar-refractivity contribution in [3.8, 4) is 0 Å². The molecule has 0 aliphatic rings. The van der Waals surface area contributed by atoms with Crippen LogP contribution in [-0.2, 0) is 0 Å². The molecule has 3 N–H and O–H groups in total. The number of hydrogen-bond acceptors (Lipinski definition) is 2. The summed E-state index contributed by atoms with van der Waals surface area (Å²) in [4.78, 5) is 11.7. The van der Waals surface area contributed by atoms with Crippen molar-refractivity contribution in [2.75, 3.05) is 11.1 Å². The highest BCUT2D eigenvalue weighted by molar-refractivity contribution is 6.05. The summed E-state index contributed by atoms with van der Waals surface area (Å²) in [5.74, 6) is -5.79. The zero-order valence-corrected chi connectivity index (χ0v) is 9.88. The molecule has 2 aromatic carbocycles. The third-order valence-corrected chi connectivity index (χ3v) is 2.53. The number of nitrogen functional groups attached to an aromatic ring is 1. The lowest BCUT2D eigenvalue weighted by atomic mass is 10.1. The lowest BCUT2D eigenvalue weighted by molar-refractivity contribution is 0.101. The van der Waals surface area contributed by atoms with Crippen LogP contribution >= 0.6 is 0 Å². The SMILES string of the molecule is Nc1ccc(F)c(C(=O)Nc2ccc(F)c(F)c2)c1F. The van der Waals surface area contributed by atoms with Crippen LogP contribution in [0.15, 0.2) is 30.3 Å². The summed E-state index contributed by atoms with van der Waals surface area (Å²) in [5.41, 5.74) is 3.80. The highest BCUT2D eigenvalue weighted by Gasteiger charge is 2.20. The fourth-order valence-electron chi connectivity index (χ4n) is 1.54. The Balaban J connectivity index is 2.33. The number of halogens is 4. The Morgan fingerprint density at radius 1 is 0.950 bits per heavy atom. The lowest BCUT2D eigenvalue weighted by Gasteiger charge is -2.08. The topological polar surface area (TPSA) is 55.1 Å². The van der Waals surface area contributed by atoms with E-state index in [1.54, 1.807) is 0 Å². The molecule has 1 amide bonds. The fourth-order valence-corrected chi connectivity index (χ4v) is 1.54. The zero-order valence-electron chi connectivity index (χ0n) is 9.88. The Hall–Kier alpha value is -2.57. The summed E-state index contributed by atoms with van der Waals surface area (Å²) in [7, 11) is 0. The molecule has 20 heavy (non-hydrogen) atoms. The van der Waals surface area contributed by atoms with Crippen LogP contribution < -0.4 is 11.1 Å². The van der Waals surface area contributed by atoms with Crippen LogP contribution in [0.4, 0.5) is 28.9 Å². The molecule has 0 spiro atoms. The van der Waals surface area contributed by atoms with Gasteiger partial charge in [-0.1, -0.05) is 0 Å². The van der Waals surface area contributed by atoms with Gasteiger partial charge in [0.1, 0.15) is 11.4 Å². The number of carbonyl (C=O) groups is 1. The minimum atomic E-state index is -1.22. The van der Waals surface area contributed by atoms with Crippen LogP contribution in [0.25, 0.3) is 0 Å². The standard InChI is InChI=1S/C13H8F4N2O/c14-7-2-1-6(5-9(7)16)19-13(20)11-8(15)3-4-10(18)12(11)17/h1-5H,18H2,(H,19,20). The molecule has 0 radical (unpaired) electrons. The van der Waals surface area contributed by atoms with E-state index in [2.05, 4.69) is 5.32 Å². The van der Waals surface area contributed by atoms with Crippen molar-refractivity contribution < 1.29 is 22.4 Å². The monoisotopic (exact) mass is 284 g/mol. The van der Waals surface area contributed by atoms with E-state index >= 15 is 0 Å². The van der Waals surface area contributed by atoms with Crippen molar-refractivity contribution in [2.24, 2.45) is 0 Å². The lowest BCUT2D eigenvalue weighted by Crippen LogP contribution is -2.17. The first kappa shape index (κ1) is 13.9. The molecule has 0 saturated carbocycles. The molecule has 2 rings (SSSR count). The van der Waals surface area contributed by atoms with E-state index in [9.17, 15) is 22.4 Å². The van der Waals surface area contributed by atoms with Crippen molar-refractivity contribution in [2.45, 2.75) is 0 Å². The molecule has 7 heteroatoms. The van der Waals surface area contributed by atoms with Crippen LogP contribution in [-0.4, -0.2) is 5.91 Å². The predicted molar refractivity (Wildman–Crippen MR) is 65.1 cm³/mol. The molecule has 0 fully saturated rings. The van der Waals surface area contributed by atoms with Gasteiger partial charge in [-0.15, -0.1) is 0 Å². The minimum Gasteiger partial charge on any atom is -0.396 e. The predicted octanol–water partition coefficient (Wildman–Crippen LogP) is 3.08. The fraction of sp³-hybridized carbons (Fsp3) is 0. The number of carbonyl (C=O) groups excluding carboxylic acids is 1. The summed E-state index contributed by atoms with van der Waals surface area (Å²) in [6.45, 7) is 0. The first-order valence-electron chi connectivity index (χ1n) is 5.40. The summed E-state index contributed by atoms with van der Waals surface area (Å²) >= 11 is 0. The molecule has 104 valence electrons. The van der Waals surface area contributed by atoms with E-state index in [1.807, 2.05) is 0 Å². The number of nitrogens with two attached hydrogens (primary N) is 1. The van der Waals surface area contributed by atoms with Gasteiger partial charge in [-0.05, 0) is 24.3 Å². The highest BCUT2D eigenvalue weighted by atomic mass is 19.2. The van der Waals surface area contributed by atoms with E-state index in [0.29, 0.717) is 6.07 Å². The van der Waals surface area contributed by atoms with Crippen molar-refractivity contribution in [1.82, 2.24) is 0 Å². The van der Waals surface area contributed by atoms with E-state index in [1.165, 1.54) is 0 Å². The van der Waals surface area contributed by atoms with Crippen LogP contribution in [0, 0.1) is 23.3 Å². The van der Waals surface area contributed by atoms with Crippen LogP contribution in [0.1, 0.15) is 10.4 Å². The van der Waals surface area contributed by atoms with E-state index in [0.717, 1.165) is 24.3 Å². The molecule has 3 nitrogen and oxygen atoms in total. The number of amides is 1. The van der Waals surface area contributed by atoms with E-state index in [-0.39, 0.29) is 5.69 Å². The Morgan fingerprint density at radius 2 is 1.60 bits per heavy atom. The largest absolute Gasteiger partial charge is 0.396 e. The molecule has 0 aliphatic heterocycles. The summed E-state index contributed by atoms with van der Waals surface area (Å²) < 4.78 is 52.7. The van der Waals surface area contributed by atoms with Gasteiger partial charge in [0.2, 0.25) is 0 Å². The van der Waals surface area contributed by atoms with Crippen LogP contribution in [0.5, 0.6) is 0 Å². The Bertz CT molecular complexity index is 688. The summed E-state index contributed by atoms with van der Waals surface area (Å²) in [6.07, 6.45) is 0. The second kappa shape index (κ2) is 5.20. The smallest absolute Gasteiger partial charge is 0.261 e. The van der Waals surface area contributed by atoms with Crippen LogP contribution in [0.2, 0.25) is 0 Å². The average molecular weight is 284 g/mol. The van der Waals surface area contributed by atoms with Gasteiger partial charge in [0, 0.05) is 11.8 Å². The summed E-state index contributed by atoms with van der Waals surface area (Å²) in [5, 5.41) is 2.05. The second-order valence-corrected chi connectivity index (χ2v) is 3.91. The second-order valence-electron chi connectivity index (χ2n) is 3.91. The minimum absolute atomic E-state index is 0.143. The van der Waals surface area contributed by atoms with Gasteiger partial charge in [-0.3, -0.25) is 4.79 Å². The van der Waals surface area contributed by atoms with Gasteiger partial charge < -0.3 is 11.1 Å². The first-order valence-corrected chi connectivity index (χ1v) is 5.40. The van der Waals surface area contributed by atoms with Crippen molar-refractivity contribution >= 4 is 17.3 Å². The Morgan fingerprint density at radius 3 is 2.25 bits per heavy atom. The molecule has 2 aromatic rings. The van der Waals surface area contributed by atoms with Gasteiger partial charge in [0.25, 0.3) is 5.91 Å². The highest BCUT2D eigenvalue weighted by Crippen LogP contribution is 2.20. The van der Waals surface area contributed by atoms with Crippen molar-refractivity contribution in [3.63, 3.8) is 0 Å². The van der Waals surface area contributed by atoms with Gasteiger partial charge in [-0.2, -0.15) is 0 Å². The van der Waals surface area contributed by atoms with E-state index < -0.39 is 40.4 Å². The third kappa shape index (κ3) is 2.56. The number of benzene rings is 2. The van der Waals surface area contributed by atoms with Crippen molar-refractivity contribution in [3.05, 3.63) is 59.2 Å². The molecule has 0 heterocycles. The maximum Gasteiger partial charge on any atom is 0.261 e. The third-order valence-electron chi connectivity index (χ3n) is 2.53. The Labute approximate surface area is 111 Å². The number of nitrogens with one attached hydrogen (secondary N) is 1. The number of rotatable bonds is 2. The molecule has 0 aromatic heterocycles. The summed E-state index contributed by atoms with van der Waals surface area (Å²) in [6, 6.07) is 4.32.